The van der Waals surface area contributed by atoms with E-state index in [0.29, 0.717) is 35.1 Å². The molecule has 0 bridgehead atoms. The second kappa shape index (κ2) is 8.66. The third-order valence-electron chi connectivity index (χ3n) is 5.29. The molecular weight excluding hydrogens is 412 g/mol. The van der Waals surface area contributed by atoms with E-state index < -0.39 is 5.92 Å². The van der Waals surface area contributed by atoms with Gasteiger partial charge in [0.15, 0.2) is 0 Å². The van der Waals surface area contributed by atoms with Crippen LogP contribution in [0.1, 0.15) is 24.7 Å². The Labute approximate surface area is 184 Å². The Balaban J connectivity index is 1.55. The molecule has 2 amide bonds. The van der Waals surface area contributed by atoms with E-state index in [2.05, 4.69) is 20.4 Å². The van der Waals surface area contributed by atoms with Crippen molar-refractivity contribution in [3.63, 3.8) is 0 Å². The molecular formula is C22H24N6O4. The van der Waals surface area contributed by atoms with Gasteiger partial charge in [0, 0.05) is 42.5 Å². The van der Waals surface area contributed by atoms with Crippen LogP contribution in [0.25, 0.3) is 5.95 Å². The van der Waals surface area contributed by atoms with Crippen LogP contribution >= 0.6 is 0 Å². The van der Waals surface area contributed by atoms with Crippen molar-refractivity contribution in [2.24, 2.45) is 5.92 Å². The molecule has 0 saturated carbocycles. The van der Waals surface area contributed by atoms with Gasteiger partial charge in [0.1, 0.15) is 11.6 Å². The number of amides is 2. The van der Waals surface area contributed by atoms with E-state index in [9.17, 15) is 14.4 Å². The number of aromatic amines is 1. The first-order valence-corrected chi connectivity index (χ1v) is 10.3. The third kappa shape index (κ3) is 4.25. The summed E-state index contributed by atoms with van der Waals surface area (Å²) in [4.78, 5) is 46.2. The van der Waals surface area contributed by atoms with Crippen molar-refractivity contribution in [1.29, 1.82) is 0 Å². The molecule has 2 N–H and O–H groups in total. The van der Waals surface area contributed by atoms with Crippen molar-refractivity contribution in [2.75, 3.05) is 23.9 Å². The first kappa shape index (κ1) is 21.3. The number of rotatable bonds is 6. The lowest BCUT2D eigenvalue weighted by Gasteiger charge is -2.17. The number of ether oxygens (including phenoxy) is 1. The summed E-state index contributed by atoms with van der Waals surface area (Å²) in [6, 6.07) is 10.3. The number of nitrogens with zero attached hydrogens (tertiary/aromatic N) is 4. The Bertz CT molecular complexity index is 1230. The van der Waals surface area contributed by atoms with Crippen LogP contribution < -0.4 is 20.5 Å². The van der Waals surface area contributed by atoms with Gasteiger partial charge in [-0.25, -0.2) is 4.98 Å². The van der Waals surface area contributed by atoms with Crippen molar-refractivity contribution < 1.29 is 14.3 Å². The monoisotopic (exact) mass is 436 g/mol. The number of carbonyl (C=O) groups is 2. The molecule has 32 heavy (non-hydrogen) atoms. The van der Waals surface area contributed by atoms with Gasteiger partial charge in [-0.05, 0) is 25.5 Å². The standard InChI is InChI=1S/C22H24N6O4/c1-4-15-10-19(29)25-22(23-15)28-18(8-13(2)26-28)24-21(31)14-9-20(30)27(12-14)16-6-5-7-17(11-16)32-3/h5-8,10-11,14H,4,9,12H2,1-3H3,(H,24,31)(H,23,25,29). The number of benzene rings is 1. The maximum Gasteiger partial charge on any atom is 0.252 e. The summed E-state index contributed by atoms with van der Waals surface area (Å²) >= 11 is 0. The van der Waals surface area contributed by atoms with Gasteiger partial charge in [-0.1, -0.05) is 13.0 Å². The van der Waals surface area contributed by atoms with Gasteiger partial charge >= 0.3 is 0 Å². The number of nitrogens with one attached hydrogen (secondary N) is 2. The molecule has 0 radical (unpaired) electrons. The van der Waals surface area contributed by atoms with Crippen LogP contribution in [0.5, 0.6) is 5.75 Å². The Hall–Kier alpha value is -3.95. The van der Waals surface area contributed by atoms with Crippen molar-refractivity contribution in [3.8, 4) is 11.7 Å². The summed E-state index contributed by atoms with van der Waals surface area (Å²) in [5, 5.41) is 7.19. The molecule has 1 unspecified atom stereocenters. The smallest absolute Gasteiger partial charge is 0.252 e. The highest BCUT2D eigenvalue weighted by molar-refractivity contribution is 6.03. The number of anilines is 2. The van der Waals surface area contributed by atoms with Crippen LogP contribution in [-0.4, -0.2) is 45.2 Å². The lowest BCUT2D eigenvalue weighted by atomic mass is 10.1. The quantitative estimate of drug-likeness (QED) is 0.608. The molecule has 10 nitrogen and oxygen atoms in total. The molecule has 1 atom stereocenters. The Morgan fingerprint density at radius 2 is 2.09 bits per heavy atom. The van der Waals surface area contributed by atoms with Crippen LogP contribution in [0, 0.1) is 12.8 Å². The largest absolute Gasteiger partial charge is 0.497 e. The second-order valence-electron chi connectivity index (χ2n) is 7.59. The SMILES string of the molecule is CCc1cc(=O)[nH]c(-n2nc(C)cc2NC(=O)C2CC(=O)N(c3cccc(OC)c3)C2)n1. The van der Waals surface area contributed by atoms with E-state index in [1.54, 1.807) is 43.2 Å². The molecule has 10 heteroatoms. The Morgan fingerprint density at radius 3 is 2.84 bits per heavy atom. The second-order valence-corrected chi connectivity index (χ2v) is 7.59. The van der Waals surface area contributed by atoms with E-state index in [0.717, 1.165) is 0 Å². The van der Waals surface area contributed by atoms with E-state index in [1.807, 2.05) is 13.0 Å². The van der Waals surface area contributed by atoms with E-state index in [-0.39, 0.29) is 36.3 Å². The first-order valence-electron chi connectivity index (χ1n) is 10.3. The van der Waals surface area contributed by atoms with Crippen molar-refractivity contribution in [1.82, 2.24) is 19.7 Å². The summed E-state index contributed by atoms with van der Waals surface area (Å²) in [6.07, 6.45) is 0.680. The fourth-order valence-electron chi connectivity index (χ4n) is 3.66. The molecule has 1 aromatic carbocycles. The molecule has 2 aromatic heterocycles. The zero-order chi connectivity index (χ0) is 22.8. The lowest BCUT2D eigenvalue weighted by Crippen LogP contribution is -2.29. The Kier molecular flexibility index (Phi) is 5.76. The molecule has 4 rings (SSSR count). The van der Waals surface area contributed by atoms with Gasteiger partial charge in [0.25, 0.3) is 5.56 Å². The predicted molar refractivity (Wildman–Crippen MR) is 118 cm³/mol. The number of hydrogen-bond acceptors (Lipinski definition) is 6. The summed E-state index contributed by atoms with van der Waals surface area (Å²) in [6.45, 7) is 3.93. The van der Waals surface area contributed by atoms with Crippen molar-refractivity contribution in [2.45, 2.75) is 26.7 Å². The summed E-state index contributed by atoms with van der Waals surface area (Å²) in [7, 11) is 1.56. The number of methoxy groups -OCH3 is 1. The minimum Gasteiger partial charge on any atom is -0.497 e. The molecule has 0 spiro atoms. The van der Waals surface area contributed by atoms with Crippen LogP contribution in [0.2, 0.25) is 0 Å². The summed E-state index contributed by atoms with van der Waals surface area (Å²) < 4.78 is 6.62. The van der Waals surface area contributed by atoms with Crippen LogP contribution in [0.4, 0.5) is 11.5 Å². The molecule has 3 heterocycles. The van der Waals surface area contributed by atoms with Gasteiger partial charge in [-0.15, -0.1) is 0 Å². The van der Waals surface area contributed by atoms with Gasteiger partial charge in [-0.3, -0.25) is 19.4 Å². The highest BCUT2D eigenvalue weighted by Gasteiger charge is 2.35. The fourth-order valence-corrected chi connectivity index (χ4v) is 3.66. The molecule has 1 saturated heterocycles. The third-order valence-corrected chi connectivity index (χ3v) is 5.29. The highest BCUT2D eigenvalue weighted by Crippen LogP contribution is 2.28. The van der Waals surface area contributed by atoms with E-state index in [4.69, 9.17) is 4.74 Å². The maximum atomic E-state index is 13.0. The normalized spacial score (nSPS) is 15.8. The predicted octanol–water partition coefficient (Wildman–Crippen LogP) is 1.83. The number of hydrogen-bond donors (Lipinski definition) is 2. The van der Waals surface area contributed by atoms with Gasteiger partial charge < -0.3 is 15.0 Å². The van der Waals surface area contributed by atoms with Crippen molar-refractivity contribution in [3.05, 3.63) is 58.1 Å². The first-order chi connectivity index (χ1) is 15.4. The summed E-state index contributed by atoms with van der Waals surface area (Å²) in [5.74, 6) is 0.253. The number of aromatic nitrogens is 4. The molecule has 1 aliphatic heterocycles. The maximum absolute atomic E-state index is 13.0. The average molecular weight is 436 g/mol. The topological polar surface area (TPSA) is 122 Å². The van der Waals surface area contributed by atoms with Crippen molar-refractivity contribution >= 4 is 23.3 Å². The number of aryl methyl sites for hydroxylation is 2. The van der Waals surface area contributed by atoms with Gasteiger partial charge in [0.05, 0.1) is 18.7 Å². The number of H-pyrrole nitrogens is 1. The lowest BCUT2D eigenvalue weighted by molar-refractivity contribution is -0.122. The van der Waals surface area contributed by atoms with Crippen LogP contribution in [0.15, 0.2) is 41.2 Å². The molecule has 3 aromatic rings. The van der Waals surface area contributed by atoms with Gasteiger partial charge in [-0.2, -0.15) is 9.78 Å². The zero-order valence-electron chi connectivity index (χ0n) is 18.1. The molecule has 0 aliphatic carbocycles. The average Bonchev–Trinajstić information content (AvgIpc) is 3.35. The van der Waals surface area contributed by atoms with E-state index >= 15 is 0 Å². The summed E-state index contributed by atoms with van der Waals surface area (Å²) in [5.41, 5.74) is 1.64. The minimum absolute atomic E-state index is 0.0938. The molecule has 1 aliphatic rings. The molecule has 166 valence electrons. The number of carbonyl (C=O) groups excluding carboxylic acids is 2. The van der Waals surface area contributed by atoms with Crippen LogP contribution in [0.3, 0.4) is 0 Å². The fraction of sp³-hybridized carbons (Fsp3) is 0.318. The van der Waals surface area contributed by atoms with E-state index in [1.165, 1.54) is 10.7 Å². The molecule has 1 fully saturated rings. The van der Waals surface area contributed by atoms with Gasteiger partial charge in [0.2, 0.25) is 17.8 Å². The minimum atomic E-state index is -0.536. The Morgan fingerprint density at radius 1 is 1.28 bits per heavy atom. The highest BCUT2D eigenvalue weighted by atomic mass is 16.5. The zero-order valence-corrected chi connectivity index (χ0v) is 18.1. The van der Waals surface area contributed by atoms with Crippen LogP contribution in [-0.2, 0) is 16.0 Å².